The fourth-order valence-corrected chi connectivity index (χ4v) is 0.955. The first kappa shape index (κ1) is 10.0. The van der Waals surface area contributed by atoms with E-state index in [1.165, 1.54) is 0 Å². The molecule has 1 aromatic rings. The van der Waals surface area contributed by atoms with Crippen LogP contribution in [-0.2, 0) is 0 Å². The van der Waals surface area contributed by atoms with Gasteiger partial charge < -0.3 is 5.11 Å². The fourth-order valence-electron chi connectivity index (χ4n) is 0.955. The minimum absolute atomic E-state index is 0.0115. The van der Waals surface area contributed by atoms with Crippen LogP contribution in [-0.4, -0.2) is 42.8 Å². The summed E-state index contributed by atoms with van der Waals surface area (Å²) >= 11 is 0. The van der Waals surface area contributed by atoms with Gasteiger partial charge in [0, 0.05) is 5.56 Å². The molecule has 0 aromatic heterocycles. The summed E-state index contributed by atoms with van der Waals surface area (Å²) in [5.41, 5.74) is -0.324. The van der Waals surface area contributed by atoms with Gasteiger partial charge in [0.2, 0.25) is 0 Å². The number of hydrogen-bond donors (Lipinski definition) is 1. The second kappa shape index (κ2) is 3.36. The molecule has 0 aliphatic heterocycles. The van der Waals surface area contributed by atoms with Crippen molar-refractivity contribution in [2.45, 2.75) is 0 Å². The van der Waals surface area contributed by atoms with Gasteiger partial charge in [-0.1, -0.05) is 10.9 Å². The molecule has 0 atom stereocenters. The molecule has 1 N–H and O–H groups in total. The molecule has 54 valence electrons. The maximum atomic E-state index is 10.5. The molecule has 0 fully saturated rings. The van der Waals surface area contributed by atoms with E-state index in [0.717, 1.165) is 0 Å². The Kier molecular flexibility index (Phi) is 2.60. The molecule has 0 amide bonds. The summed E-state index contributed by atoms with van der Waals surface area (Å²) in [5.74, 6) is -0.431. The van der Waals surface area contributed by atoms with Crippen molar-refractivity contribution in [2.24, 2.45) is 0 Å². The van der Waals surface area contributed by atoms with Gasteiger partial charge in [-0.25, -0.2) is 0 Å². The highest BCUT2D eigenvalue weighted by Crippen LogP contribution is 2.04. The van der Waals surface area contributed by atoms with E-state index in [1.807, 2.05) is 0 Å². The molecule has 0 unspecified atom stereocenters. The van der Waals surface area contributed by atoms with E-state index < -0.39 is 5.75 Å². The minimum atomic E-state index is -0.431. The second-order valence-electron chi connectivity index (χ2n) is 2.53. The highest BCUT2D eigenvalue weighted by molar-refractivity contribution is 6.64. The van der Waals surface area contributed by atoms with Crippen molar-refractivity contribution in [1.29, 1.82) is 0 Å². The third-order valence-corrected chi connectivity index (χ3v) is 1.79. The molecule has 0 bridgehead atoms. The molecule has 8 radical (unpaired) electrons. The SMILES string of the molecule is [B]c1c([B])c([B])c(C=O)c(O)c1[B]. The van der Waals surface area contributed by atoms with E-state index in [0.29, 0.717) is 6.29 Å². The average molecular weight is 161 g/mol. The summed E-state index contributed by atoms with van der Waals surface area (Å²) in [4.78, 5) is 10.5. The van der Waals surface area contributed by atoms with Gasteiger partial charge in [-0.05, 0) is 0 Å². The third-order valence-electron chi connectivity index (χ3n) is 1.79. The molecular weight excluding hydrogens is 159 g/mol. The molecule has 1 rings (SSSR count). The lowest BCUT2D eigenvalue weighted by molar-refractivity contribution is 0.112. The summed E-state index contributed by atoms with van der Waals surface area (Å²) < 4.78 is 0. The van der Waals surface area contributed by atoms with Crippen molar-refractivity contribution in [3.8, 4) is 5.75 Å². The van der Waals surface area contributed by atoms with Crippen LogP contribution in [0.2, 0.25) is 0 Å². The fraction of sp³-hybridized carbons (Fsp3) is 0. The van der Waals surface area contributed by atoms with Gasteiger partial charge >= 0.3 is 0 Å². The Labute approximate surface area is 81.4 Å². The van der Waals surface area contributed by atoms with Crippen LogP contribution in [0.25, 0.3) is 0 Å². The zero-order chi connectivity index (χ0) is 10.2. The molecule has 6 heteroatoms. The van der Waals surface area contributed by atoms with Crippen molar-refractivity contribution in [3.05, 3.63) is 5.56 Å². The molecule has 0 saturated carbocycles. The molecule has 0 spiro atoms. The van der Waals surface area contributed by atoms with Gasteiger partial charge in [0.25, 0.3) is 0 Å². The number of benzene rings is 1. The van der Waals surface area contributed by atoms with Gasteiger partial charge in [-0.15, -0.1) is 10.9 Å². The van der Waals surface area contributed by atoms with Crippen LogP contribution in [0.15, 0.2) is 0 Å². The first-order valence-corrected chi connectivity index (χ1v) is 3.40. The number of carbonyl (C=O) groups is 1. The molecule has 0 aliphatic carbocycles. The zero-order valence-electron chi connectivity index (χ0n) is 6.74. The van der Waals surface area contributed by atoms with E-state index in [4.69, 9.17) is 31.4 Å². The standard InChI is InChI=1S/C7H2B4O2/c8-3-2(1-12)7(13)6(11)5(10)4(3)9/h1,13H. The molecule has 0 aliphatic rings. The lowest BCUT2D eigenvalue weighted by atomic mass is 9.65. The Balaban J connectivity index is 3.66. The summed E-state index contributed by atoms with van der Waals surface area (Å²) in [6.07, 6.45) is 0.372. The number of rotatable bonds is 1. The largest absolute Gasteiger partial charge is 0.508 e. The number of aldehydes is 1. The van der Waals surface area contributed by atoms with Gasteiger partial charge in [0.05, 0.1) is 0 Å². The number of phenols is 1. The third kappa shape index (κ3) is 1.41. The quantitative estimate of drug-likeness (QED) is 0.341. The lowest BCUT2D eigenvalue weighted by Crippen LogP contribution is -2.48. The summed E-state index contributed by atoms with van der Waals surface area (Å²) in [6, 6.07) is 0. The highest BCUT2D eigenvalue weighted by atomic mass is 16.3. The van der Waals surface area contributed by atoms with Gasteiger partial charge in [-0.2, -0.15) is 0 Å². The van der Waals surface area contributed by atoms with Crippen LogP contribution in [0.4, 0.5) is 0 Å². The number of hydrogen-bond acceptors (Lipinski definition) is 2. The van der Waals surface area contributed by atoms with Crippen molar-refractivity contribution in [1.82, 2.24) is 0 Å². The zero-order valence-corrected chi connectivity index (χ0v) is 6.74. The van der Waals surface area contributed by atoms with E-state index in [-0.39, 0.29) is 27.4 Å². The number of carbonyl (C=O) groups excluding carboxylic acids is 1. The predicted octanol–water partition coefficient (Wildman–Crippen LogP) is -3.62. The Morgan fingerprint density at radius 3 is 1.85 bits per heavy atom. The summed E-state index contributed by atoms with van der Waals surface area (Å²) in [7, 11) is 21.6. The van der Waals surface area contributed by atoms with Gasteiger partial charge in [0.1, 0.15) is 37.1 Å². The van der Waals surface area contributed by atoms with E-state index >= 15 is 0 Å². The van der Waals surface area contributed by atoms with E-state index in [1.54, 1.807) is 0 Å². The highest BCUT2D eigenvalue weighted by Gasteiger charge is 2.11. The van der Waals surface area contributed by atoms with Crippen LogP contribution in [0, 0.1) is 0 Å². The predicted molar refractivity (Wildman–Crippen MR) is 55.0 cm³/mol. The molecular formula is C7H2B4O2. The smallest absolute Gasteiger partial charge is 0.153 e. The first-order chi connectivity index (χ1) is 6.00. The van der Waals surface area contributed by atoms with Crippen LogP contribution in [0.5, 0.6) is 5.75 Å². The number of phenolic OH excluding ortho intramolecular Hbond substituents is 1. The maximum absolute atomic E-state index is 10.5. The molecule has 0 saturated heterocycles. The van der Waals surface area contributed by atoms with Gasteiger partial charge in [0.15, 0.2) is 6.29 Å². The van der Waals surface area contributed by atoms with E-state index in [2.05, 4.69) is 0 Å². The van der Waals surface area contributed by atoms with Crippen LogP contribution < -0.4 is 21.9 Å². The number of aromatic hydroxyl groups is 1. The molecule has 2 nitrogen and oxygen atoms in total. The van der Waals surface area contributed by atoms with Crippen molar-refractivity contribution in [3.63, 3.8) is 0 Å². The minimum Gasteiger partial charge on any atom is -0.508 e. The normalized spacial score (nSPS) is 9.85. The van der Waals surface area contributed by atoms with Crippen molar-refractivity contribution in [2.75, 3.05) is 0 Å². The molecule has 1 aromatic carbocycles. The van der Waals surface area contributed by atoms with Crippen LogP contribution in [0.1, 0.15) is 10.4 Å². The Morgan fingerprint density at radius 2 is 1.38 bits per heavy atom. The maximum Gasteiger partial charge on any atom is 0.153 e. The lowest BCUT2D eigenvalue weighted by Gasteiger charge is -2.15. The summed E-state index contributed by atoms with van der Waals surface area (Å²) in [5, 5.41) is 9.31. The van der Waals surface area contributed by atoms with Crippen molar-refractivity contribution >= 4 is 59.5 Å². The monoisotopic (exact) mass is 162 g/mol. The summed E-state index contributed by atoms with van der Waals surface area (Å²) in [6.45, 7) is 0. The van der Waals surface area contributed by atoms with E-state index in [9.17, 15) is 9.90 Å². The Hall–Kier alpha value is -1.05. The molecule has 0 heterocycles. The Bertz CT molecular complexity index is 346. The Morgan fingerprint density at radius 1 is 0.923 bits per heavy atom. The average Bonchev–Trinajstić information content (AvgIpc) is 2.13. The van der Waals surface area contributed by atoms with Crippen LogP contribution >= 0.6 is 0 Å². The first-order valence-electron chi connectivity index (χ1n) is 3.40. The molecule has 13 heavy (non-hydrogen) atoms. The topological polar surface area (TPSA) is 37.3 Å². The second-order valence-corrected chi connectivity index (χ2v) is 2.53. The van der Waals surface area contributed by atoms with Crippen LogP contribution in [0.3, 0.4) is 0 Å². The van der Waals surface area contributed by atoms with Gasteiger partial charge in [-0.3, -0.25) is 4.79 Å². The van der Waals surface area contributed by atoms with Crippen molar-refractivity contribution < 1.29 is 9.90 Å².